The number of hydrogen-bond acceptors (Lipinski definition) is 5. The molecule has 0 spiro atoms. The van der Waals surface area contributed by atoms with Gasteiger partial charge in [0.25, 0.3) is 0 Å². The molecule has 2 unspecified atom stereocenters. The maximum absolute atomic E-state index is 13.2. The summed E-state index contributed by atoms with van der Waals surface area (Å²) in [5.41, 5.74) is 1.15. The third kappa shape index (κ3) is 3.23. The van der Waals surface area contributed by atoms with E-state index in [1.807, 2.05) is 24.1 Å². The molecule has 0 bridgehead atoms. The molecule has 4 heterocycles. The van der Waals surface area contributed by atoms with E-state index in [2.05, 4.69) is 24.9 Å². The topological polar surface area (TPSA) is 67.2 Å². The Morgan fingerprint density at radius 2 is 2.04 bits per heavy atom. The van der Waals surface area contributed by atoms with E-state index in [1.165, 1.54) is 0 Å². The molecule has 0 saturated carbocycles. The van der Waals surface area contributed by atoms with Gasteiger partial charge in [0.05, 0.1) is 24.4 Å². The Morgan fingerprint density at radius 3 is 2.80 bits per heavy atom. The minimum absolute atomic E-state index is 0.0352. The van der Waals surface area contributed by atoms with Gasteiger partial charge in [0.2, 0.25) is 5.91 Å². The zero-order chi connectivity index (χ0) is 17.2. The molecule has 2 aliphatic rings. The van der Waals surface area contributed by atoms with Crippen molar-refractivity contribution in [3.8, 4) is 0 Å². The molecule has 7 heteroatoms. The highest BCUT2D eigenvalue weighted by molar-refractivity contribution is 5.80. The molecule has 7 nitrogen and oxygen atoms in total. The van der Waals surface area contributed by atoms with E-state index in [9.17, 15) is 4.79 Å². The van der Waals surface area contributed by atoms with Gasteiger partial charge in [0.1, 0.15) is 5.82 Å². The third-order valence-electron chi connectivity index (χ3n) is 5.29. The summed E-state index contributed by atoms with van der Waals surface area (Å²) in [6, 6.07) is 0.174. The number of rotatable bonds is 3. The van der Waals surface area contributed by atoms with Gasteiger partial charge in [-0.2, -0.15) is 5.10 Å². The van der Waals surface area contributed by atoms with Gasteiger partial charge in [0.15, 0.2) is 0 Å². The summed E-state index contributed by atoms with van der Waals surface area (Å²) in [4.78, 5) is 26.0. The van der Waals surface area contributed by atoms with Gasteiger partial charge in [-0.25, -0.2) is 4.98 Å². The van der Waals surface area contributed by atoms with Gasteiger partial charge in [-0.05, 0) is 25.7 Å². The lowest BCUT2D eigenvalue weighted by Crippen LogP contribution is -2.45. The number of carbonyl (C=O) groups excluding carboxylic acids is 1. The van der Waals surface area contributed by atoms with Crippen LogP contribution in [0.15, 0.2) is 31.0 Å². The average molecular weight is 340 g/mol. The molecule has 0 aromatic carbocycles. The number of piperidine rings is 1. The highest BCUT2D eigenvalue weighted by atomic mass is 16.2. The van der Waals surface area contributed by atoms with E-state index >= 15 is 0 Å². The predicted molar refractivity (Wildman–Crippen MR) is 93.9 cm³/mol. The molecule has 132 valence electrons. The first-order chi connectivity index (χ1) is 12.2. The van der Waals surface area contributed by atoms with Gasteiger partial charge in [-0.3, -0.25) is 14.5 Å². The molecule has 25 heavy (non-hydrogen) atoms. The first-order valence-corrected chi connectivity index (χ1v) is 9.02. The molecule has 4 rings (SSSR count). The van der Waals surface area contributed by atoms with Gasteiger partial charge in [-0.1, -0.05) is 0 Å². The molecule has 0 aliphatic carbocycles. The van der Waals surface area contributed by atoms with Gasteiger partial charge >= 0.3 is 0 Å². The fourth-order valence-electron chi connectivity index (χ4n) is 4.07. The Hall–Kier alpha value is -2.44. The second-order valence-corrected chi connectivity index (χ2v) is 6.99. The van der Waals surface area contributed by atoms with Crippen LogP contribution < -0.4 is 4.90 Å². The zero-order valence-electron chi connectivity index (χ0n) is 14.6. The van der Waals surface area contributed by atoms with Crippen LogP contribution in [0.1, 0.15) is 37.3 Å². The van der Waals surface area contributed by atoms with Crippen molar-refractivity contribution < 1.29 is 4.79 Å². The van der Waals surface area contributed by atoms with Crippen LogP contribution in [-0.4, -0.2) is 50.2 Å². The lowest BCUT2D eigenvalue weighted by atomic mass is 9.95. The number of nitrogens with zero attached hydrogens (tertiary/aromatic N) is 6. The van der Waals surface area contributed by atoms with E-state index in [1.54, 1.807) is 18.6 Å². The smallest absolute Gasteiger partial charge is 0.227 e. The minimum atomic E-state index is 0.0352. The summed E-state index contributed by atoms with van der Waals surface area (Å²) in [7, 11) is 1.92. The monoisotopic (exact) mass is 340 g/mol. The van der Waals surface area contributed by atoms with E-state index in [4.69, 9.17) is 0 Å². The second kappa shape index (κ2) is 6.82. The van der Waals surface area contributed by atoms with Crippen LogP contribution >= 0.6 is 0 Å². The van der Waals surface area contributed by atoms with Crippen molar-refractivity contribution >= 4 is 11.7 Å². The molecule has 2 aromatic heterocycles. The number of anilines is 1. The maximum Gasteiger partial charge on any atom is 0.227 e. The molecule has 0 radical (unpaired) electrons. The van der Waals surface area contributed by atoms with Crippen molar-refractivity contribution in [2.24, 2.45) is 13.0 Å². The number of aromatic nitrogens is 4. The Balaban J connectivity index is 1.48. The largest absolute Gasteiger partial charge is 0.355 e. The quantitative estimate of drug-likeness (QED) is 0.852. The van der Waals surface area contributed by atoms with Crippen molar-refractivity contribution in [3.05, 3.63) is 36.5 Å². The van der Waals surface area contributed by atoms with Crippen molar-refractivity contribution in [1.29, 1.82) is 0 Å². The van der Waals surface area contributed by atoms with Gasteiger partial charge in [-0.15, -0.1) is 0 Å². The first kappa shape index (κ1) is 16.1. The van der Waals surface area contributed by atoms with E-state index in [0.29, 0.717) is 0 Å². The molecular weight excluding hydrogens is 316 g/mol. The lowest BCUT2D eigenvalue weighted by Gasteiger charge is -2.35. The first-order valence-electron chi connectivity index (χ1n) is 9.02. The summed E-state index contributed by atoms with van der Waals surface area (Å²) in [6.07, 6.45) is 13.1. The average Bonchev–Trinajstić information content (AvgIpc) is 3.30. The maximum atomic E-state index is 13.2. The number of hydrogen-bond donors (Lipinski definition) is 0. The summed E-state index contributed by atoms with van der Waals surface area (Å²) >= 11 is 0. The van der Waals surface area contributed by atoms with Crippen molar-refractivity contribution in [3.63, 3.8) is 0 Å². The fraction of sp³-hybridized carbons (Fsp3) is 0.556. The van der Waals surface area contributed by atoms with Crippen LogP contribution in [0.4, 0.5) is 5.82 Å². The van der Waals surface area contributed by atoms with E-state index in [-0.39, 0.29) is 17.9 Å². The van der Waals surface area contributed by atoms with E-state index < -0.39 is 0 Å². The Kier molecular flexibility index (Phi) is 4.38. The molecule has 2 saturated heterocycles. The molecule has 2 fully saturated rings. The Bertz CT molecular complexity index is 730. The van der Waals surface area contributed by atoms with Crippen molar-refractivity contribution in [1.82, 2.24) is 24.6 Å². The summed E-state index contributed by atoms with van der Waals surface area (Å²) in [5.74, 6) is 1.18. The van der Waals surface area contributed by atoms with Crippen LogP contribution in [0, 0.1) is 5.92 Å². The van der Waals surface area contributed by atoms with Crippen LogP contribution in [-0.2, 0) is 11.8 Å². The third-order valence-corrected chi connectivity index (χ3v) is 5.29. The molecule has 2 aromatic rings. The van der Waals surface area contributed by atoms with Crippen LogP contribution in [0.25, 0.3) is 0 Å². The van der Waals surface area contributed by atoms with Crippen LogP contribution in [0.5, 0.6) is 0 Å². The number of amides is 1. The van der Waals surface area contributed by atoms with Crippen LogP contribution in [0.2, 0.25) is 0 Å². The molecule has 2 atom stereocenters. The molecular formula is C18H24N6O. The lowest BCUT2D eigenvalue weighted by molar-refractivity contribution is -0.136. The van der Waals surface area contributed by atoms with Gasteiger partial charge in [0, 0.05) is 50.8 Å². The van der Waals surface area contributed by atoms with E-state index in [0.717, 1.165) is 56.7 Å². The summed E-state index contributed by atoms with van der Waals surface area (Å²) < 4.78 is 1.81. The highest BCUT2D eigenvalue weighted by Gasteiger charge is 2.36. The standard InChI is InChI=1S/C18H24N6O/c1-22-12-15(10-21-22)16-5-3-9-24(16)18(25)14-4-2-8-23(13-14)17-11-19-6-7-20-17/h6-7,10-12,14,16H,2-5,8-9,13H2,1H3. The minimum Gasteiger partial charge on any atom is -0.355 e. The second-order valence-electron chi connectivity index (χ2n) is 6.99. The van der Waals surface area contributed by atoms with Crippen molar-refractivity contribution in [2.75, 3.05) is 24.5 Å². The summed E-state index contributed by atoms with van der Waals surface area (Å²) in [5, 5.41) is 4.27. The predicted octanol–water partition coefficient (Wildman–Crippen LogP) is 1.79. The van der Waals surface area contributed by atoms with Crippen molar-refractivity contribution in [2.45, 2.75) is 31.7 Å². The molecule has 2 aliphatic heterocycles. The zero-order valence-corrected chi connectivity index (χ0v) is 14.6. The summed E-state index contributed by atoms with van der Waals surface area (Å²) in [6.45, 7) is 2.52. The Morgan fingerprint density at radius 1 is 1.16 bits per heavy atom. The SMILES string of the molecule is Cn1cc(C2CCCN2C(=O)C2CCCN(c3cnccn3)C2)cn1. The number of likely N-dealkylation sites (tertiary alicyclic amines) is 1. The van der Waals surface area contributed by atoms with Crippen LogP contribution in [0.3, 0.4) is 0 Å². The Labute approximate surface area is 147 Å². The van der Waals surface area contributed by atoms with Gasteiger partial charge < -0.3 is 9.80 Å². The molecule has 1 amide bonds. The molecule has 0 N–H and O–H groups in total. The normalized spacial score (nSPS) is 23.9. The highest BCUT2D eigenvalue weighted by Crippen LogP contribution is 2.34. The number of carbonyl (C=O) groups is 1. The fourth-order valence-corrected chi connectivity index (χ4v) is 4.07. The number of aryl methyl sites for hydroxylation is 1.